The minimum Gasteiger partial charge on any atom is -0.324 e. The summed E-state index contributed by atoms with van der Waals surface area (Å²) in [6.07, 6.45) is 4.53. The van der Waals surface area contributed by atoms with Gasteiger partial charge in [-0.15, -0.1) is 0 Å². The molecule has 110 valence electrons. The van der Waals surface area contributed by atoms with Crippen LogP contribution in [0.1, 0.15) is 47.9 Å². The number of halogens is 2. The van der Waals surface area contributed by atoms with Gasteiger partial charge in [-0.25, -0.2) is 0 Å². The molecule has 21 heavy (non-hydrogen) atoms. The maximum atomic E-state index is 6.41. The Morgan fingerprint density at radius 2 is 1.95 bits per heavy atom. The number of fused-ring (bicyclic) bond motifs is 1. The van der Waals surface area contributed by atoms with Crippen molar-refractivity contribution in [3.63, 3.8) is 0 Å². The molecule has 1 aliphatic carbocycles. The zero-order valence-corrected chi connectivity index (χ0v) is 13.4. The number of rotatable bonds is 3. The minimum absolute atomic E-state index is 0.0765. The lowest BCUT2D eigenvalue weighted by Crippen LogP contribution is -2.18. The van der Waals surface area contributed by atoms with Gasteiger partial charge in [-0.2, -0.15) is 0 Å². The molecule has 0 aliphatic heterocycles. The first kappa shape index (κ1) is 14.9. The first-order chi connectivity index (χ1) is 10.1. The second kappa shape index (κ2) is 6.39. The van der Waals surface area contributed by atoms with E-state index in [0.29, 0.717) is 16.0 Å². The van der Waals surface area contributed by atoms with E-state index in [1.165, 1.54) is 30.4 Å². The van der Waals surface area contributed by atoms with Gasteiger partial charge in [0.25, 0.3) is 0 Å². The molecule has 2 aromatic rings. The Kier molecular flexibility index (Phi) is 4.54. The number of nitrogens with two attached hydrogens (primary N) is 1. The monoisotopic (exact) mass is 319 g/mol. The van der Waals surface area contributed by atoms with Crippen LogP contribution in [0.15, 0.2) is 42.5 Å². The van der Waals surface area contributed by atoms with Crippen molar-refractivity contribution < 1.29 is 0 Å². The van der Waals surface area contributed by atoms with E-state index in [1.54, 1.807) is 6.07 Å². The molecule has 2 unspecified atom stereocenters. The summed E-state index contributed by atoms with van der Waals surface area (Å²) < 4.78 is 0. The SMILES string of the molecule is NC(CC1CCCc2ccccc21)c1cc(Cl)ccc1Cl. The van der Waals surface area contributed by atoms with Crippen LogP contribution in [0.5, 0.6) is 0 Å². The smallest absolute Gasteiger partial charge is 0.0454 e. The van der Waals surface area contributed by atoms with Gasteiger partial charge in [-0.05, 0) is 66.5 Å². The maximum Gasteiger partial charge on any atom is 0.0454 e. The second-order valence-corrected chi connectivity index (χ2v) is 6.64. The minimum atomic E-state index is -0.0765. The van der Waals surface area contributed by atoms with Gasteiger partial charge in [0.1, 0.15) is 0 Å². The third kappa shape index (κ3) is 3.26. The molecule has 1 aliphatic rings. The molecule has 0 saturated carbocycles. The van der Waals surface area contributed by atoms with Crippen LogP contribution < -0.4 is 5.73 Å². The molecule has 0 aromatic heterocycles. The van der Waals surface area contributed by atoms with Crippen LogP contribution in [0, 0.1) is 0 Å². The third-order valence-electron chi connectivity index (χ3n) is 4.39. The summed E-state index contributed by atoms with van der Waals surface area (Å²) in [6, 6.07) is 14.2. The average molecular weight is 320 g/mol. The fourth-order valence-corrected chi connectivity index (χ4v) is 3.77. The molecule has 0 heterocycles. The topological polar surface area (TPSA) is 26.0 Å². The summed E-state index contributed by atoms with van der Waals surface area (Å²) >= 11 is 12.3. The zero-order chi connectivity index (χ0) is 14.8. The highest BCUT2D eigenvalue weighted by atomic mass is 35.5. The van der Waals surface area contributed by atoms with Crippen LogP contribution in [0.2, 0.25) is 10.0 Å². The molecule has 0 spiro atoms. The number of benzene rings is 2. The van der Waals surface area contributed by atoms with E-state index in [-0.39, 0.29) is 6.04 Å². The molecule has 0 saturated heterocycles. The first-order valence-electron chi connectivity index (χ1n) is 7.43. The normalized spacial score (nSPS) is 19.1. The van der Waals surface area contributed by atoms with E-state index < -0.39 is 0 Å². The van der Waals surface area contributed by atoms with E-state index >= 15 is 0 Å². The first-order valence-corrected chi connectivity index (χ1v) is 8.19. The van der Waals surface area contributed by atoms with Gasteiger partial charge in [0.15, 0.2) is 0 Å². The highest BCUT2D eigenvalue weighted by molar-refractivity contribution is 6.33. The van der Waals surface area contributed by atoms with Crippen molar-refractivity contribution in [3.8, 4) is 0 Å². The van der Waals surface area contributed by atoms with E-state index in [9.17, 15) is 0 Å². The molecule has 0 radical (unpaired) electrons. The molecular weight excluding hydrogens is 301 g/mol. The Morgan fingerprint density at radius 1 is 1.14 bits per heavy atom. The summed E-state index contributed by atoms with van der Waals surface area (Å²) in [4.78, 5) is 0. The van der Waals surface area contributed by atoms with Gasteiger partial charge in [0.05, 0.1) is 0 Å². The quantitative estimate of drug-likeness (QED) is 0.793. The Balaban J connectivity index is 1.82. The van der Waals surface area contributed by atoms with Crippen molar-refractivity contribution in [3.05, 3.63) is 69.2 Å². The molecule has 2 aromatic carbocycles. The van der Waals surface area contributed by atoms with Crippen LogP contribution in [-0.2, 0) is 6.42 Å². The van der Waals surface area contributed by atoms with Crippen molar-refractivity contribution in [1.29, 1.82) is 0 Å². The van der Waals surface area contributed by atoms with Crippen molar-refractivity contribution in [1.82, 2.24) is 0 Å². The summed E-state index contributed by atoms with van der Waals surface area (Å²) in [5.41, 5.74) is 10.3. The van der Waals surface area contributed by atoms with Crippen molar-refractivity contribution in [2.45, 2.75) is 37.6 Å². The molecular formula is C18H19Cl2N. The number of aryl methyl sites for hydroxylation is 1. The number of hydrogen-bond acceptors (Lipinski definition) is 1. The lowest BCUT2D eigenvalue weighted by Gasteiger charge is -2.28. The highest BCUT2D eigenvalue weighted by Gasteiger charge is 2.23. The molecule has 3 rings (SSSR count). The Morgan fingerprint density at radius 3 is 2.81 bits per heavy atom. The van der Waals surface area contributed by atoms with Gasteiger partial charge in [0, 0.05) is 16.1 Å². The summed E-state index contributed by atoms with van der Waals surface area (Å²) in [7, 11) is 0. The summed E-state index contributed by atoms with van der Waals surface area (Å²) in [5.74, 6) is 0.514. The molecule has 0 fully saturated rings. The van der Waals surface area contributed by atoms with E-state index in [1.807, 2.05) is 12.1 Å². The fraction of sp³-hybridized carbons (Fsp3) is 0.333. The lowest BCUT2D eigenvalue weighted by molar-refractivity contribution is 0.476. The van der Waals surface area contributed by atoms with Crippen molar-refractivity contribution in [2.24, 2.45) is 5.73 Å². The van der Waals surface area contributed by atoms with Gasteiger partial charge < -0.3 is 5.73 Å². The van der Waals surface area contributed by atoms with Crippen LogP contribution in [0.4, 0.5) is 0 Å². The van der Waals surface area contributed by atoms with Gasteiger partial charge in [-0.1, -0.05) is 47.5 Å². The standard InChI is InChI=1S/C18H19Cl2N/c19-14-8-9-17(20)16(11-14)18(21)10-13-6-3-5-12-4-1-2-7-15(12)13/h1-2,4,7-9,11,13,18H,3,5-6,10,21H2. The van der Waals surface area contributed by atoms with Gasteiger partial charge in [-0.3, -0.25) is 0 Å². The zero-order valence-electron chi connectivity index (χ0n) is 11.9. The van der Waals surface area contributed by atoms with Gasteiger partial charge in [0.2, 0.25) is 0 Å². The summed E-state index contributed by atoms with van der Waals surface area (Å²) in [6.45, 7) is 0. The molecule has 1 nitrogen and oxygen atoms in total. The molecule has 3 heteroatoms. The largest absolute Gasteiger partial charge is 0.324 e. The molecule has 0 bridgehead atoms. The van der Waals surface area contributed by atoms with E-state index in [0.717, 1.165) is 12.0 Å². The molecule has 2 N–H and O–H groups in total. The molecule has 0 amide bonds. The molecule has 2 atom stereocenters. The lowest BCUT2D eigenvalue weighted by atomic mass is 9.79. The van der Waals surface area contributed by atoms with Crippen LogP contribution in [-0.4, -0.2) is 0 Å². The van der Waals surface area contributed by atoms with Crippen LogP contribution in [0.3, 0.4) is 0 Å². The Bertz CT molecular complexity index is 639. The fourth-order valence-electron chi connectivity index (χ4n) is 3.33. The Hall–Kier alpha value is -1.02. The van der Waals surface area contributed by atoms with Gasteiger partial charge >= 0.3 is 0 Å². The van der Waals surface area contributed by atoms with Crippen LogP contribution in [0.25, 0.3) is 0 Å². The maximum absolute atomic E-state index is 6.41. The predicted octanol–water partition coefficient (Wildman–Crippen LogP) is 5.50. The average Bonchev–Trinajstić information content (AvgIpc) is 2.50. The van der Waals surface area contributed by atoms with Crippen LogP contribution >= 0.6 is 23.2 Å². The third-order valence-corrected chi connectivity index (χ3v) is 4.97. The predicted molar refractivity (Wildman–Crippen MR) is 90.1 cm³/mol. The van der Waals surface area contributed by atoms with E-state index in [2.05, 4.69) is 24.3 Å². The number of hydrogen-bond donors (Lipinski definition) is 1. The second-order valence-electron chi connectivity index (χ2n) is 5.80. The van der Waals surface area contributed by atoms with E-state index in [4.69, 9.17) is 28.9 Å². The summed E-state index contributed by atoms with van der Waals surface area (Å²) in [5, 5.41) is 1.39. The van der Waals surface area contributed by atoms with Crippen molar-refractivity contribution >= 4 is 23.2 Å². The Labute approximate surface area is 136 Å². The van der Waals surface area contributed by atoms with Crippen molar-refractivity contribution in [2.75, 3.05) is 0 Å². The highest BCUT2D eigenvalue weighted by Crippen LogP contribution is 2.38.